The summed E-state index contributed by atoms with van der Waals surface area (Å²) in [6, 6.07) is 3.93. The van der Waals surface area contributed by atoms with E-state index in [2.05, 4.69) is 10.1 Å². The molecule has 2 aromatic heterocycles. The first kappa shape index (κ1) is 11.1. The minimum Gasteiger partial charge on any atom is -0.269 e. The zero-order valence-electron chi connectivity index (χ0n) is 10.8. The van der Waals surface area contributed by atoms with Crippen LogP contribution in [0.15, 0.2) is 18.3 Å². The summed E-state index contributed by atoms with van der Waals surface area (Å²) >= 11 is 0. The Morgan fingerprint density at radius 2 is 2.11 bits per heavy atom. The van der Waals surface area contributed by atoms with Gasteiger partial charge in [-0.3, -0.25) is 9.67 Å². The van der Waals surface area contributed by atoms with Gasteiger partial charge in [-0.1, -0.05) is 0 Å². The predicted octanol–water partition coefficient (Wildman–Crippen LogP) is 3.30. The van der Waals surface area contributed by atoms with Crippen LogP contribution in [0.5, 0.6) is 0 Å². The third-order valence-corrected chi connectivity index (χ3v) is 4.06. The van der Waals surface area contributed by atoms with E-state index in [-0.39, 0.29) is 5.82 Å². The fourth-order valence-electron chi connectivity index (χ4n) is 2.80. The largest absolute Gasteiger partial charge is 0.269 e. The van der Waals surface area contributed by atoms with Gasteiger partial charge in [-0.15, -0.1) is 0 Å². The molecule has 0 N–H and O–H groups in total. The third-order valence-electron chi connectivity index (χ3n) is 4.06. The van der Waals surface area contributed by atoms with Crippen LogP contribution in [0.25, 0.3) is 11.3 Å². The Hall–Kier alpha value is -1.71. The molecule has 0 bridgehead atoms. The molecule has 0 amide bonds. The van der Waals surface area contributed by atoms with Gasteiger partial charge in [-0.25, -0.2) is 4.39 Å². The van der Waals surface area contributed by atoms with Crippen molar-refractivity contribution in [3.05, 3.63) is 35.5 Å². The van der Waals surface area contributed by atoms with Crippen LogP contribution in [0.4, 0.5) is 4.39 Å². The number of hydrogen-bond acceptors (Lipinski definition) is 2. The van der Waals surface area contributed by atoms with E-state index < -0.39 is 0 Å². The number of pyridine rings is 1. The number of aryl methyl sites for hydroxylation is 2. The van der Waals surface area contributed by atoms with Crippen molar-refractivity contribution in [2.45, 2.75) is 44.6 Å². The van der Waals surface area contributed by atoms with Crippen molar-refractivity contribution in [3.63, 3.8) is 0 Å². The third kappa shape index (κ3) is 1.95. The SMILES string of the molecule is Fc1cnc(C2CC2)cc1-c1cc2n(n1)CCCC2. The van der Waals surface area contributed by atoms with Crippen LogP contribution in [0.3, 0.4) is 0 Å². The topological polar surface area (TPSA) is 30.7 Å². The van der Waals surface area contributed by atoms with Gasteiger partial charge in [0.1, 0.15) is 0 Å². The smallest absolute Gasteiger partial charge is 0.150 e. The molecular weight excluding hydrogens is 241 g/mol. The van der Waals surface area contributed by atoms with Crippen LogP contribution in [0.2, 0.25) is 0 Å². The summed E-state index contributed by atoms with van der Waals surface area (Å²) in [5, 5.41) is 4.55. The molecule has 3 heterocycles. The Morgan fingerprint density at radius 1 is 1.21 bits per heavy atom. The molecule has 4 rings (SSSR count). The van der Waals surface area contributed by atoms with Gasteiger partial charge in [0.15, 0.2) is 5.82 Å². The van der Waals surface area contributed by atoms with Crippen molar-refractivity contribution in [2.24, 2.45) is 0 Å². The molecule has 2 aromatic rings. The summed E-state index contributed by atoms with van der Waals surface area (Å²) in [7, 11) is 0. The van der Waals surface area contributed by atoms with E-state index in [4.69, 9.17) is 0 Å². The second-order valence-corrected chi connectivity index (χ2v) is 5.56. The second-order valence-electron chi connectivity index (χ2n) is 5.56. The molecule has 0 atom stereocenters. The molecule has 1 aliphatic heterocycles. The van der Waals surface area contributed by atoms with Gasteiger partial charge in [0.2, 0.25) is 0 Å². The average molecular weight is 257 g/mol. The Labute approximate surface area is 111 Å². The summed E-state index contributed by atoms with van der Waals surface area (Å²) in [5.41, 5.74) is 3.62. The first-order valence-corrected chi connectivity index (χ1v) is 7.04. The Morgan fingerprint density at radius 3 is 2.89 bits per heavy atom. The molecule has 1 fully saturated rings. The molecule has 98 valence electrons. The van der Waals surface area contributed by atoms with E-state index in [1.807, 2.05) is 16.8 Å². The van der Waals surface area contributed by atoms with E-state index in [1.165, 1.54) is 37.6 Å². The lowest BCUT2D eigenvalue weighted by Crippen LogP contribution is -2.10. The highest BCUT2D eigenvalue weighted by atomic mass is 19.1. The highest BCUT2D eigenvalue weighted by Gasteiger charge is 2.26. The summed E-state index contributed by atoms with van der Waals surface area (Å²) in [4.78, 5) is 4.20. The first-order valence-electron chi connectivity index (χ1n) is 7.04. The number of halogens is 1. The molecule has 4 heteroatoms. The fourth-order valence-corrected chi connectivity index (χ4v) is 2.80. The van der Waals surface area contributed by atoms with Gasteiger partial charge in [-0.2, -0.15) is 5.10 Å². The lowest BCUT2D eigenvalue weighted by atomic mass is 10.1. The van der Waals surface area contributed by atoms with Crippen LogP contribution in [-0.4, -0.2) is 14.8 Å². The summed E-state index contributed by atoms with van der Waals surface area (Å²) in [5.74, 6) is 0.274. The molecule has 1 saturated carbocycles. The lowest BCUT2D eigenvalue weighted by Gasteiger charge is -2.11. The maximum Gasteiger partial charge on any atom is 0.150 e. The Kier molecular flexibility index (Phi) is 2.43. The monoisotopic (exact) mass is 257 g/mol. The summed E-state index contributed by atoms with van der Waals surface area (Å²) in [6.07, 6.45) is 7.13. The number of hydrogen-bond donors (Lipinski definition) is 0. The molecular formula is C15H16FN3. The van der Waals surface area contributed by atoms with Gasteiger partial charge in [0, 0.05) is 29.4 Å². The molecule has 19 heavy (non-hydrogen) atoms. The zero-order valence-corrected chi connectivity index (χ0v) is 10.8. The second kappa shape index (κ2) is 4.15. The van der Waals surface area contributed by atoms with Crippen molar-refractivity contribution >= 4 is 0 Å². The van der Waals surface area contributed by atoms with E-state index in [1.54, 1.807) is 0 Å². The van der Waals surface area contributed by atoms with Crippen molar-refractivity contribution in [2.75, 3.05) is 0 Å². The zero-order chi connectivity index (χ0) is 12.8. The quantitative estimate of drug-likeness (QED) is 0.826. The van der Waals surface area contributed by atoms with Crippen molar-refractivity contribution in [3.8, 4) is 11.3 Å². The van der Waals surface area contributed by atoms with Gasteiger partial charge in [0.05, 0.1) is 11.9 Å². The van der Waals surface area contributed by atoms with Gasteiger partial charge in [-0.05, 0) is 44.2 Å². The summed E-state index contributed by atoms with van der Waals surface area (Å²) < 4.78 is 16.0. The normalized spacial score (nSPS) is 18.4. The van der Waals surface area contributed by atoms with E-state index in [9.17, 15) is 4.39 Å². The molecule has 0 unspecified atom stereocenters. The Bertz CT molecular complexity index is 605. The number of rotatable bonds is 2. The molecule has 1 aliphatic carbocycles. The number of nitrogens with zero attached hydrogens (tertiary/aromatic N) is 3. The molecule has 0 radical (unpaired) electrons. The number of aromatic nitrogens is 3. The molecule has 0 saturated heterocycles. The van der Waals surface area contributed by atoms with Crippen LogP contribution in [0.1, 0.15) is 43.0 Å². The minimum atomic E-state index is -0.264. The van der Waals surface area contributed by atoms with Crippen LogP contribution in [0, 0.1) is 5.82 Å². The maximum absolute atomic E-state index is 14.0. The minimum absolute atomic E-state index is 0.264. The van der Waals surface area contributed by atoms with Gasteiger partial charge in [0.25, 0.3) is 0 Å². The van der Waals surface area contributed by atoms with Gasteiger partial charge >= 0.3 is 0 Å². The van der Waals surface area contributed by atoms with E-state index in [0.29, 0.717) is 11.5 Å². The standard InChI is InChI=1S/C15H16FN3/c16-13-9-17-14(10-4-5-10)8-12(13)15-7-11-3-1-2-6-19(11)18-15/h7-10H,1-6H2. The average Bonchev–Trinajstić information content (AvgIpc) is 3.18. The molecule has 2 aliphatic rings. The highest BCUT2D eigenvalue weighted by Crippen LogP contribution is 2.40. The van der Waals surface area contributed by atoms with Crippen molar-refractivity contribution in [1.29, 1.82) is 0 Å². The van der Waals surface area contributed by atoms with Crippen LogP contribution in [-0.2, 0) is 13.0 Å². The van der Waals surface area contributed by atoms with Crippen molar-refractivity contribution < 1.29 is 4.39 Å². The lowest BCUT2D eigenvalue weighted by molar-refractivity contribution is 0.487. The number of fused-ring (bicyclic) bond motifs is 1. The summed E-state index contributed by atoms with van der Waals surface area (Å²) in [6.45, 7) is 0.956. The van der Waals surface area contributed by atoms with Crippen molar-refractivity contribution in [1.82, 2.24) is 14.8 Å². The molecule has 0 spiro atoms. The van der Waals surface area contributed by atoms with Gasteiger partial charge < -0.3 is 0 Å². The first-order chi connectivity index (χ1) is 9.31. The van der Waals surface area contributed by atoms with Crippen LogP contribution < -0.4 is 0 Å². The molecule has 3 nitrogen and oxygen atoms in total. The van der Waals surface area contributed by atoms with Crippen LogP contribution >= 0.6 is 0 Å². The highest BCUT2D eigenvalue weighted by molar-refractivity contribution is 5.60. The predicted molar refractivity (Wildman–Crippen MR) is 70.3 cm³/mol. The molecule has 0 aromatic carbocycles. The van der Waals surface area contributed by atoms with E-state index >= 15 is 0 Å². The van der Waals surface area contributed by atoms with E-state index in [0.717, 1.165) is 24.4 Å². The fraction of sp³-hybridized carbons (Fsp3) is 0.467. The maximum atomic E-state index is 14.0. The Balaban J connectivity index is 1.78.